The first kappa shape index (κ1) is 12.6. The van der Waals surface area contributed by atoms with Crippen LogP contribution in [-0.2, 0) is 26.4 Å². The molecule has 0 saturated heterocycles. The Kier molecular flexibility index (Phi) is 3.28. The molecule has 0 saturated carbocycles. The average molecular weight is 275 g/mol. The number of aromatic nitrogens is 4. The molecule has 0 spiro atoms. The van der Waals surface area contributed by atoms with Gasteiger partial charge in [0.25, 0.3) is 0 Å². The Morgan fingerprint density at radius 3 is 2.89 bits per heavy atom. The van der Waals surface area contributed by atoms with Crippen LogP contribution < -0.4 is 5.73 Å². The van der Waals surface area contributed by atoms with Gasteiger partial charge < -0.3 is 10.3 Å². The van der Waals surface area contributed by atoms with Crippen LogP contribution in [0.15, 0.2) is 16.2 Å². The van der Waals surface area contributed by atoms with Crippen LogP contribution in [0.2, 0.25) is 0 Å². The summed E-state index contributed by atoms with van der Waals surface area (Å²) in [5.74, 6) is 0.901. The number of fused-ring (bicyclic) bond motifs is 1. The van der Waals surface area contributed by atoms with E-state index in [9.17, 15) is 0 Å². The Hall–Kier alpha value is -1.40. The van der Waals surface area contributed by atoms with Crippen molar-refractivity contribution in [2.75, 3.05) is 0 Å². The third-order valence-electron chi connectivity index (χ3n) is 3.55. The zero-order valence-electron chi connectivity index (χ0n) is 11.2. The summed E-state index contributed by atoms with van der Waals surface area (Å²) in [6.45, 7) is 2.45. The van der Waals surface area contributed by atoms with Crippen LogP contribution >= 0.6 is 11.8 Å². The molecule has 3 rings (SSSR count). The van der Waals surface area contributed by atoms with Gasteiger partial charge in [-0.2, -0.15) is 0 Å². The minimum atomic E-state index is 0.513. The van der Waals surface area contributed by atoms with Crippen LogP contribution in [0.1, 0.15) is 29.1 Å². The second kappa shape index (κ2) is 4.94. The molecule has 0 aliphatic heterocycles. The fraction of sp³-hybridized carbons (Fsp3) is 0.462. The maximum atomic E-state index is 5.85. The first-order chi connectivity index (χ1) is 9.19. The predicted molar refractivity (Wildman–Crippen MR) is 74.0 cm³/mol. The van der Waals surface area contributed by atoms with Gasteiger partial charge in [-0.15, -0.1) is 10.2 Å². The van der Waals surface area contributed by atoms with E-state index in [2.05, 4.69) is 16.3 Å². The number of aryl methyl sites for hydroxylation is 3. The van der Waals surface area contributed by atoms with E-state index in [4.69, 9.17) is 10.7 Å². The van der Waals surface area contributed by atoms with Crippen LogP contribution in [0.5, 0.6) is 0 Å². The molecule has 0 atom stereocenters. The molecule has 0 bridgehead atoms. The highest BCUT2D eigenvalue weighted by Crippen LogP contribution is 2.31. The van der Waals surface area contributed by atoms with E-state index in [0.29, 0.717) is 6.54 Å². The molecule has 6 heteroatoms. The summed E-state index contributed by atoms with van der Waals surface area (Å²) in [6, 6.07) is 2.21. The fourth-order valence-electron chi connectivity index (χ4n) is 2.30. The van der Waals surface area contributed by atoms with Crippen LogP contribution in [0.4, 0.5) is 0 Å². The van der Waals surface area contributed by atoms with E-state index >= 15 is 0 Å². The molecule has 0 fully saturated rings. The lowest BCUT2D eigenvalue weighted by atomic mass is 10.1. The van der Waals surface area contributed by atoms with Crippen molar-refractivity contribution in [3.63, 3.8) is 0 Å². The molecule has 2 heterocycles. The van der Waals surface area contributed by atoms with E-state index in [1.807, 2.05) is 18.5 Å². The van der Waals surface area contributed by atoms with Crippen LogP contribution in [-0.4, -0.2) is 19.7 Å². The highest BCUT2D eigenvalue weighted by atomic mass is 32.2. The van der Waals surface area contributed by atoms with Gasteiger partial charge in [-0.3, -0.25) is 0 Å². The standard InChI is InChI=1S/C13H17N5S/c1-8-16-17-13(18(8)2)19-12-10(7-14)6-9-4-3-5-11(9)15-12/h6H,3-5,7,14H2,1-2H3. The molecule has 5 nitrogen and oxygen atoms in total. The molecule has 100 valence electrons. The van der Waals surface area contributed by atoms with Crippen molar-refractivity contribution in [2.45, 2.75) is 42.9 Å². The highest BCUT2D eigenvalue weighted by molar-refractivity contribution is 7.99. The van der Waals surface area contributed by atoms with Crippen LogP contribution in [0.3, 0.4) is 0 Å². The Morgan fingerprint density at radius 1 is 1.37 bits per heavy atom. The Morgan fingerprint density at radius 2 is 2.21 bits per heavy atom. The van der Waals surface area contributed by atoms with Crippen molar-refractivity contribution >= 4 is 11.8 Å². The maximum absolute atomic E-state index is 5.85. The Balaban J connectivity index is 1.98. The van der Waals surface area contributed by atoms with Gasteiger partial charge in [0.1, 0.15) is 10.9 Å². The summed E-state index contributed by atoms with van der Waals surface area (Å²) >= 11 is 1.55. The number of nitrogens with two attached hydrogens (primary N) is 1. The number of nitrogens with zero attached hydrogens (tertiary/aromatic N) is 4. The lowest BCUT2D eigenvalue weighted by Gasteiger charge is -2.09. The summed E-state index contributed by atoms with van der Waals surface area (Å²) < 4.78 is 1.97. The van der Waals surface area contributed by atoms with E-state index < -0.39 is 0 Å². The lowest BCUT2D eigenvalue weighted by molar-refractivity contribution is 0.763. The maximum Gasteiger partial charge on any atom is 0.197 e. The zero-order chi connectivity index (χ0) is 13.4. The van der Waals surface area contributed by atoms with Crippen molar-refractivity contribution in [1.29, 1.82) is 0 Å². The molecule has 1 aliphatic rings. The second-order valence-corrected chi connectivity index (χ2v) is 5.76. The van der Waals surface area contributed by atoms with Gasteiger partial charge in [-0.1, -0.05) is 6.07 Å². The molecule has 2 aromatic heterocycles. The molecule has 0 aromatic carbocycles. The fourth-order valence-corrected chi connectivity index (χ4v) is 3.25. The molecule has 0 unspecified atom stereocenters. The van der Waals surface area contributed by atoms with E-state index in [-0.39, 0.29) is 0 Å². The topological polar surface area (TPSA) is 69.6 Å². The molecule has 19 heavy (non-hydrogen) atoms. The second-order valence-electron chi connectivity index (χ2n) is 4.81. The van der Waals surface area contributed by atoms with E-state index in [1.54, 1.807) is 11.8 Å². The largest absolute Gasteiger partial charge is 0.326 e. The summed E-state index contributed by atoms with van der Waals surface area (Å²) in [6.07, 6.45) is 3.40. The quantitative estimate of drug-likeness (QED) is 0.921. The third-order valence-corrected chi connectivity index (χ3v) is 4.64. The van der Waals surface area contributed by atoms with Gasteiger partial charge in [0.2, 0.25) is 0 Å². The SMILES string of the molecule is Cc1nnc(Sc2nc3c(cc2CN)CCC3)n1C. The monoisotopic (exact) mass is 275 g/mol. The van der Waals surface area contributed by atoms with Crippen LogP contribution in [0, 0.1) is 6.92 Å². The van der Waals surface area contributed by atoms with Crippen molar-refractivity contribution < 1.29 is 0 Å². The van der Waals surface area contributed by atoms with Crippen molar-refractivity contribution in [3.8, 4) is 0 Å². The predicted octanol–water partition coefficient (Wildman–Crippen LogP) is 1.62. The lowest BCUT2D eigenvalue weighted by Crippen LogP contribution is -2.04. The number of rotatable bonds is 3. The minimum absolute atomic E-state index is 0.513. The minimum Gasteiger partial charge on any atom is -0.326 e. The van der Waals surface area contributed by atoms with Crippen molar-refractivity contribution in [3.05, 3.63) is 28.7 Å². The number of hydrogen-bond acceptors (Lipinski definition) is 5. The molecule has 0 radical (unpaired) electrons. The van der Waals surface area contributed by atoms with E-state index in [1.165, 1.54) is 17.7 Å². The summed E-state index contributed by atoms with van der Waals surface area (Å²) in [4.78, 5) is 4.77. The first-order valence-electron chi connectivity index (χ1n) is 6.44. The Labute approximate surface area is 116 Å². The van der Waals surface area contributed by atoms with Crippen molar-refractivity contribution in [2.24, 2.45) is 12.8 Å². The Bertz CT molecular complexity index is 620. The van der Waals surface area contributed by atoms with Crippen molar-refractivity contribution in [1.82, 2.24) is 19.7 Å². The van der Waals surface area contributed by atoms with Gasteiger partial charge in [-0.25, -0.2) is 4.98 Å². The molecule has 1 aliphatic carbocycles. The van der Waals surface area contributed by atoms with Gasteiger partial charge in [0.05, 0.1) is 0 Å². The normalized spacial score (nSPS) is 13.8. The zero-order valence-corrected chi connectivity index (χ0v) is 12.0. The van der Waals surface area contributed by atoms with Gasteiger partial charge in [0, 0.05) is 19.3 Å². The smallest absolute Gasteiger partial charge is 0.197 e. The highest BCUT2D eigenvalue weighted by Gasteiger charge is 2.18. The van der Waals surface area contributed by atoms with Gasteiger partial charge in [-0.05, 0) is 49.1 Å². The number of hydrogen-bond donors (Lipinski definition) is 1. The molecular weight excluding hydrogens is 258 g/mol. The molecular formula is C13H17N5S. The molecule has 0 amide bonds. The summed E-state index contributed by atoms with van der Waals surface area (Å²) in [5.41, 5.74) is 9.53. The third kappa shape index (κ3) is 2.26. The number of pyridine rings is 1. The van der Waals surface area contributed by atoms with Gasteiger partial charge >= 0.3 is 0 Å². The summed E-state index contributed by atoms with van der Waals surface area (Å²) in [7, 11) is 1.97. The molecule has 2 N–H and O–H groups in total. The summed E-state index contributed by atoms with van der Waals surface area (Å²) in [5, 5.41) is 10.1. The first-order valence-corrected chi connectivity index (χ1v) is 7.26. The molecule has 2 aromatic rings. The van der Waals surface area contributed by atoms with Crippen LogP contribution in [0.25, 0.3) is 0 Å². The van der Waals surface area contributed by atoms with Gasteiger partial charge in [0.15, 0.2) is 5.16 Å². The average Bonchev–Trinajstić information content (AvgIpc) is 2.99. The van der Waals surface area contributed by atoms with E-state index in [0.717, 1.165) is 34.4 Å².